The maximum Gasteiger partial charge on any atom is 0.151 e. The Bertz CT molecular complexity index is 294. The van der Waals surface area contributed by atoms with Crippen molar-refractivity contribution in [3.63, 3.8) is 0 Å². The minimum Gasteiger partial charge on any atom is -0.508 e. The highest BCUT2D eigenvalue weighted by Gasteiger charge is 2.02. The Morgan fingerprint density at radius 2 is 2.18 bits per heavy atom. The summed E-state index contributed by atoms with van der Waals surface area (Å²) in [7, 11) is 0. The quantitative estimate of drug-likeness (QED) is 0.656. The number of halogens is 1. The molecule has 2 nitrogen and oxygen atoms in total. The van der Waals surface area contributed by atoms with E-state index < -0.39 is 0 Å². The van der Waals surface area contributed by atoms with E-state index in [-0.39, 0.29) is 5.75 Å². The Labute approximate surface area is 69.4 Å². The first-order valence-corrected chi connectivity index (χ1v) is 3.47. The molecule has 3 heteroatoms. The predicted octanol–water partition coefficient (Wildman–Crippen LogP) is 2.17. The first kappa shape index (κ1) is 8.08. The molecule has 11 heavy (non-hydrogen) atoms. The normalized spacial score (nSPS) is 9.64. The summed E-state index contributed by atoms with van der Waals surface area (Å²) in [4.78, 5) is 10.3. The highest BCUT2D eigenvalue weighted by Crippen LogP contribution is 2.23. The van der Waals surface area contributed by atoms with Crippen LogP contribution in [0.1, 0.15) is 15.9 Å². The van der Waals surface area contributed by atoms with Crippen LogP contribution in [0.5, 0.6) is 5.75 Å². The van der Waals surface area contributed by atoms with Crippen molar-refractivity contribution in [2.45, 2.75) is 6.92 Å². The van der Waals surface area contributed by atoms with Gasteiger partial charge in [0.1, 0.15) is 5.75 Å². The Morgan fingerprint density at radius 3 is 2.73 bits per heavy atom. The largest absolute Gasteiger partial charge is 0.508 e. The van der Waals surface area contributed by atoms with E-state index in [0.717, 1.165) is 0 Å². The number of aromatic hydroxyl groups is 1. The standard InChI is InChI=1S/C8H7ClO2/c1-5-2-7(9)6(4-10)3-8(5)11/h2-4,11H,1H3. The molecule has 0 aliphatic carbocycles. The molecule has 1 aromatic carbocycles. The molecular weight excluding hydrogens is 164 g/mol. The summed E-state index contributed by atoms with van der Waals surface area (Å²) in [5.74, 6) is 0.0940. The molecule has 0 amide bonds. The van der Waals surface area contributed by atoms with Gasteiger partial charge in [-0.3, -0.25) is 4.79 Å². The van der Waals surface area contributed by atoms with Gasteiger partial charge in [0.25, 0.3) is 0 Å². The van der Waals surface area contributed by atoms with Gasteiger partial charge in [0.2, 0.25) is 0 Å². The van der Waals surface area contributed by atoms with E-state index in [1.165, 1.54) is 6.07 Å². The second-order valence-corrected chi connectivity index (χ2v) is 2.69. The monoisotopic (exact) mass is 170 g/mol. The van der Waals surface area contributed by atoms with Gasteiger partial charge >= 0.3 is 0 Å². The van der Waals surface area contributed by atoms with Crippen LogP contribution < -0.4 is 0 Å². The van der Waals surface area contributed by atoms with Crippen LogP contribution in [-0.2, 0) is 0 Å². The molecule has 0 aliphatic rings. The SMILES string of the molecule is Cc1cc(Cl)c(C=O)cc1O. The van der Waals surface area contributed by atoms with Crippen LogP contribution >= 0.6 is 11.6 Å². The zero-order chi connectivity index (χ0) is 8.43. The van der Waals surface area contributed by atoms with Crippen molar-refractivity contribution in [2.75, 3.05) is 0 Å². The third-order valence-corrected chi connectivity index (χ3v) is 1.77. The van der Waals surface area contributed by atoms with Gasteiger partial charge in [-0.05, 0) is 24.6 Å². The van der Waals surface area contributed by atoms with Crippen LogP contribution in [0.2, 0.25) is 5.02 Å². The average Bonchev–Trinajstić information content (AvgIpc) is 1.97. The molecule has 0 spiro atoms. The van der Waals surface area contributed by atoms with Gasteiger partial charge in [-0.1, -0.05) is 11.6 Å². The summed E-state index contributed by atoms with van der Waals surface area (Å²) in [6.45, 7) is 1.72. The van der Waals surface area contributed by atoms with Gasteiger partial charge in [-0.2, -0.15) is 0 Å². The number of aldehydes is 1. The minimum atomic E-state index is 0.0940. The van der Waals surface area contributed by atoms with Gasteiger partial charge in [0.15, 0.2) is 6.29 Å². The smallest absolute Gasteiger partial charge is 0.151 e. The number of phenolic OH excluding ortho intramolecular Hbond substituents is 1. The van der Waals surface area contributed by atoms with Crippen molar-refractivity contribution in [3.8, 4) is 5.75 Å². The average molecular weight is 171 g/mol. The summed E-state index contributed by atoms with van der Waals surface area (Å²) in [6, 6.07) is 2.91. The molecule has 0 unspecified atom stereocenters. The molecule has 0 aromatic heterocycles. The maximum absolute atomic E-state index is 10.3. The Morgan fingerprint density at radius 1 is 1.55 bits per heavy atom. The summed E-state index contributed by atoms with van der Waals surface area (Å²) in [5, 5.41) is 9.51. The Hall–Kier alpha value is -1.02. The highest BCUT2D eigenvalue weighted by molar-refractivity contribution is 6.33. The van der Waals surface area contributed by atoms with Crippen molar-refractivity contribution in [3.05, 3.63) is 28.3 Å². The summed E-state index contributed by atoms with van der Waals surface area (Å²) in [5.41, 5.74) is 0.982. The topological polar surface area (TPSA) is 37.3 Å². The lowest BCUT2D eigenvalue weighted by atomic mass is 10.1. The fraction of sp³-hybridized carbons (Fsp3) is 0.125. The molecule has 58 valence electrons. The fourth-order valence-corrected chi connectivity index (χ4v) is 1.03. The van der Waals surface area contributed by atoms with Gasteiger partial charge in [0.05, 0.1) is 5.02 Å². The van der Waals surface area contributed by atoms with Crippen molar-refractivity contribution in [2.24, 2.45) is 0 Å². The summed E-state index contributed by atoms with van der Waals surface area (Å²) in [6.07, 6.45) is 0.613. The summed E-state index contributed by atoms with van der Waals surface area (Å²) >= 11 is 5.66. The fourth-order valence-electron chi connectivity index (χ4n) is 0.768. The van der Waals surface area contributed by atoms with Crippen molar-refractivity contribution >= 4 is 17.9 Å². The first-order chi connectivity index (χ1) is 5.15. The van der Waals surface area contributed by atoms with E-state index in [1.807, 2.05) is 0 Å². The third-order valence-electron chi connectivity index (χ3n) is 1.44. The molecule has 0 saturated carbocycles. The number of hydrogen-bond acceptors (Lipinski definition) is 2. The van der Waals surface area contributed by atoms with Crippen LogP contribution in [0.25, 0.3) is 0 Å². The number of carbonyl (C=O) groups is 1. The molecule has 1 rings (SSSR count). The molecule has 1 aromatic rings. The van der Waals surface area contributed by atoms with Crippen LogP contribution in [0.4, 0.5) is 0 Å². The minimum absolute atomic E-state index is 0.0940. The van der Waals surface area contributed by atoms with E-state index in [9.17, 15) is 4.79 Å². The molecule has 0 fully saturated rings. The summed E-state index contributed by atoms with van der Waals surface area (Å²) < 4.78 is 0. The third kappa shape index (κ3) is 1.52. The Balaban J connectivity index is 3.31. The van der Waals surface area contributed by atoms with Gasteiger partial charge < -0.3 is 5.11 Å². The van der Waals surface area contributed by atoms with E-state index in [0.29, 0.717) is 22.4 Å². The lowest BCUT2D eigenvalue weighted by molar-refractivity contribution is 0.112. The van der Waals surface area contributed by atoms with E-state index in [1.54, 1.807) is 13.0 Å². The van der Waals surface area contributed by atoms with Crippen LogP contribution in [0, 0.1) is 6.92 Å². The molecule has 0 saturated heterocycles. The lowest BCUT2D eigenvalue weighted by Crippen LogP contribution is -1.83. The molecule has 0 bridgehead atoms. The second kappa shape index (κ2) is 2.93. The predicted molar refractivity (Wildman–Crippen MR) is 43.2 cm³/mol. The van der Waals surface area contributed by atoms with Crippen LogP contribution in [0.15, 0.2) is 12.1 Å². The maximum atomic E-state index is 10.3. The number of benzene rings is 1. The zero-order valence-electron chi connectivity index (χ0n) is 5.97. The molecule has 0 radical (unpaired) electrons. The molecule has 1 N–H and O–H groups in total. The van der Waals surface area contributed by atoms with Crippen LogP contribution in [0.3, 0.4) is 0 Å². The highest BCUT2D eigenvalue weighted by atomic mass is 35.5. The number of rotatable bonds is 1. The molecule has 0 atom stereocenters. The van der Waals surface area contributed by atoms with Crippen LogP contribution in [-0.4, -0.2) is 11.4 Å². The van der Waals surface area contributed by atoms with Crippen molar-refractivity contribution < 1.29 is 9.90 Å². The first-order valence-electron chi connectivity index (χ1n) is 3.09. The molecule has 0 heterocycles. The van der Waals surface area contributed by atoms with Gasteiger partial charge in [-0.15, -0.1) is 0 Å². The number of carbonyl (C=O) groups excluding carboxylic acids is 1. The van der Waals surface area contributed by atoms with Gasteiger partial charge in [-0.25, -0.2) is 0 Å². The second-order valence-electron chi connectivity index (χ2n) is 2.28. The van der Waals surface area contributed by atoms with E-state index >= 15 is 0 Å². The van der Waals surface area contributed by atoms with E-state index in [2.05, 4.69) is 0 Å². The Kier molecular flexibility index (Phi) is 2.15. The van der Waals surface area contributed by atoms with E-state index in [4.69, 9.17) is 16.7 Å². The van der Waals surface area contributed by atoms with Crippen molar-refractivity contribution in [1.82, 2.24) is 0 Å². The lowest BCUT2D eigenvalue weighted by Gasteiger charge is -2.00. The molecular formula is C8H7ClO2. The number of aryl methyl sites for hydroxylation is 1. The van der Waals surface area contributed by atoms with Crippen molar-refractivity contribution in [1.29, 1.82) is 0 Å². The zero-order valence-corrected chi connectivity index (χ0v) is 6.72. The number of phenols is 1. The number of hydrogen-bond donors (Lipinski definition) is 1. The molecule has 0 aliphatic heterocycles. The van der Waals surface area contributed by atoms with Gasteiger partial charge in [0, 0.05) is 5.56 Å².